The second-order valence-electron chi connectivity index (χ2n) is 4.85. The first-order chi connectivity index (χ1) is 9.06. The van der Waals surface area contributed by atoms with Crippen LogP contribution >= 0.6 is 15.9 Å². The Labute approximate surface area is 121 Å². The van der Waals surface area contributed by atoms with E-state index in [1.54, 1.807) is 0 Å². The summed E-state index contributed by atoms with van der Waals surface area (Å²) >= 11 is 3.45. The van der Waals surface area contributed by atoms with Crippen LogP contribution in [-0.4, -0.2) is 29.8 Å². The molecule has 19 heavy (non-hydrogen) atoms. The molecule has 0 radical (unpaired) electrons. The molecule has 1 heterocycles. The van der Waals surface area contributed by atoms with Crippen LogP contribution in [0, 0.1) is 0 Å². The van der Waals surface area contributed by atoms with Crippen molar-refractivity contribution >= 4 is 21.9 Å². The third-order valence-electron chi connectivity index (χ3n) is 3.38. The molecule has 5 heteroatoms. The molecule has 0 aliphatic carbocycles. The average Bonchev–Trinajstić information content (AvgIpc) is 2.85. The first kappa shape index (κ1) is 14.5. The Morgan fingerprint density at radius 2 is 2.37 bits per heavy atom. The summed E-state index contributed by atoms with van der Waals surface area (Å²) in [5.74, 6) is -0.859. The number of carboxylic acids is 1. The van der Waals surface area contributed by atoms with Gasteiger partial charge in [0.05, 0.1) is 6.10 Å². The highest BCUT2D eigenvalue weighted by Gasteiger charge is 2.30. The molecular weight excluding hydrogens is 310 g/mol. The molecule has 1 fully saturated rings. The minimum atomic E-state index is -0.859. The predicted molar refractivity (Wildman–Crippen MR) is 76.1 cm³/mol. The molecule has 0 aromatic heterocycles. The summed E-state index contributed by atoms with van der Waals surface area (Å²) in [6.45, 7) is 2.77. The summed E-state index contributed by atoms with van der Waals surface area (Å²) in [7, 11) is 0. The minimum Gasteiger partial charge on any atom is -0.479 e. The van der Waals surface area contributed by atoms with Crippen molar-refractivity contribution in [3.8, 4) is 0 Å². The standard InChI is InChI=1S/C14H18BrNO3/c1-9(10-3-2-4-11(15)7-10)16-8-12-5-6-13(19-12)14(17)18/h2-4,7,9,12-13,16H,5-6,8H2,1H3,(H,17,18)/t9-,12?,13?/m1/s1. The molecule has 104 valence electrons. The minimum absolute atomic E-state index is 0.00398. The lowest BCUT2D eigenvalue weighted by atomic mass is 10.1. The molecule has 1 saturated heterocycles. The summed E-state index contributed by atoms with van der Waals surface area (Å²) in [6.07, 6.45) is 0.769. The van der Waals surface area contributed by atoms with Crippen LogP contribution in [0.3, 0.4) is 0 Å². The first-order valence-corrected chi connectivity index (χ1v) is 7.22. The first-order valence-electron chi connectivity index (χ1n) is 6.43. The van der Waals surface area contributed by atoms with Gasteiger partial charge in [0.1, 0.15) is 0 Å². The SMILES string of the molecule is C[C@@H](NCC1CCC(C(=O)O)O1)c1cccc(Br)c1. The molecule has 3 atom stereocenters. The van der Waals surface area contributed by atoms with E-state index in [0.29, 0.717) is 13.0 Å². The third-order valence-corrected chi connectivity index (χ3v) is 3.88. The van der Waals surface area contributed by atoms with Gasteiger partial charge in [0.2, 0.25) is 0 Å². The lowest BCUT2D eigenvalue weighted by Crippen LogP contribution is -2.30. The zero-order valence-corrected chi connectivity index (χ0v) is 12.4. The number of nitrogens with one attached hydrogen (secondary N) is 1. The van der Waals surface area contributed by atoms with Crippen LogP contribution in [0.4, 0.5) is 0 Å². The van der Waals surface area contributed by atoms with Crippen molar-refractivity contribution in [2.45, 2.75) is 38.0 Å². The maximum absolute atomic E-state index is 10.8. The van der Waals surface area contributed by atoms with Gasteiger partial charge in [-0.2, -0.15) is 0 Å². The Kier molecular flexibility index (Phi) is 4.96. The lowest BCUT2D eigenvalue weighted by Gasteiger charge is -2.18. The van der Waals surface area contributed by atoms with E-state index in [4.69, 9.17) is 9.84 Å². The van der Waals surface area contributed by atoms with Gasteiger partial charge in [-0.3, -0.25) is 0 Å². The van der Waals surface area contributed by atoms with E-state index in [1.807, 2.05) is 12.1 Å². The van der Waals surface area contributed by atoms with E-state index in [-0.39, 0.29) is 12.1 Å². The van der Waals surface area contributed by atoms with Gasteiger partial charge in [0, 0.05) is 17.1 Å². The van der Waals surface area contributed by atoms with Gasteiger partial charge in [0.25, 0.3) is 0 Å². The zero-order chi connectivity index (χ0) is 13.8. The highest BCUT2D eigenvalue weighted by atomic mass is 79.9. The van der Waals surface area contributed by atoms with Crippen molar-refractivity contribution < 1.29 is 14.6 Å². The zero-order valence-electron chi connectivity index (χ0n) is 10.8. The average molecular weight is 328 g/mol. The van der Waals surface area contributed by atoms with Crippen LogP contribution in [0.1, 0.15) is 31.4 Å². The summed E-state index contributed by atoms with van der Waals surface area (Å²) in [5.41, 5.74) is 1.20. The van der Waals surface area contributed by atoms with Gasteiger partial charge in [0.15, 0.2) is 6.10 Å². The second kappa shape index (κ2) is 6.50. The summed E-state index contributed by atoms with van der Waals surface area (Å²) in [5, 5.41) is 12.3. The van der Waals surface area contributed by atoms with Crippen LogP contribution in [0.5, 0.6) is 0 Å². The maximum Gasteiger partial charge on any atom is 0.332 e. The molecule has 2 unspecified atom stereocenters. The highest BCUT2D eigenvalue weighted by Crippen LogP contribution is 2.21. The van der Waals surface area contributed by atoms with Crippen LogP contribution in [0.2, 0.25) is 0 Å². The quantitative estimate of drug-likeness (QED) is 0.873. The van der Waals surface area contributed by atoms with E-state index in [2.05, 4.69) is 40.3 Å². The molecule has 1 aliphatic heterocycles. The molecule has 1 aliphatic rings. The molecule has 1 aromatic carbocycles. The van der Waals surface area contributed by atoms with Gasteiger partial charge >= 0.3 is 5.97 Å². The molecule has 2 rings (SSSR count). The fourth-order valence-electron chi connectivity index (χ4n) is 2.24. The van der Waals surface area contributed by atoms with Crippen molar-refractivity contribution in [1.82, 2.24) is 5.32 Å². The van der Waals surface area contributed by atoms with Gasteiger partial charge < -0.3 is 15.2 Å². The van der Waals surface area contributed by atoms with Crippen molar-refractivity contribution in [1.29, 1.82) is 0 Å². The molecule has 4 nitrogen and oxygen atoms in total. The molecule has 0 saturated carbocycles. The number of carboxylic acid groups (broad SMARTS) is 1. The molecule has 0 spiro atoms. The van der Waals surface area contributed by atoms with Crippen molar-refractivity contribution in [2.24, 2.45) is 0 Å². The van der Waals surface area contributed by atoms with Crippen LogP contribution < -0.4 is 5.32 Å². The van der Waals surface area contributed by atoms with E-state index < -0.39 is 12.1 Å². The van der Waals surface area contributed by atoms with Gasteiger partial charge in [-0.25, -0.2) is 4.79 Å². The van der Waals surface area contributed by atoms with Gasteiger partial charge in [-0.15, -0.1) is 0 Å². The molecular formula is C14H18BrNO3. The monoisotopic (exact) mass is 327 g/mol. The van der Waals surface area contributed by atoms with Crippen molar-refractivity contribution in [2.75, 3.05) is 6.54 Å². The Balaban J connectivity index is 1.81. The fourth-order valence-corrected chi connectivity index (χ4v) is 2.66. The predicted octanol–water partition coefficient (Wildman–Crippen LogP) is 2.73. The number of ether oxygens (including phenoxy) is 1. The van der Waals surface area contributed by atoms with E-state index in [0.717, 1.165) is 10.9 Å². The number of carbonyl (C=O) groups is 1. The van der Waals surface area contributed by atoms with Crippen molar-refractivity contribution in [3.63, 3.8) is 0 Å². The Morgan fingerprint density at radius 1 is 1.58 bits per heavy atom. The smallest absolute Gasteiger partial charge is 0.332 e. The third kappa shape index (κ3) is 4.03. The Morgan fingerprint density at radius 3 is 3.00 bits per heavy atom. The Hall–Kier alpha value is -0.910. The largest absolute Gasteiger partial charge is 0.479 e. The van der Waals surface area contributed by atoms with Gasteiger partial charge in [-0.1, -0.05) is 28.1 Å². The lowest BCUT2D eigenvalue weighted by molar-refractivity contribution is -0.149. The fraction of sp³-hybridized carbons (Fsp3) is 0.500. The van der Waals surface area contributed by atoms with Gasteiger partial charge in [-0.05, 0) is 37.5 Å². The van der Waals surface area contributed by atoms with E-state index in [9.17, 15) is 4.79 Å². The number of halogens is 1. The van der Waals surface area contributed by atoms with E-state index in [1.165, 1.54) is 5.56 Å². The number of aliphatic carboxylic acids is 1. The Bertz CT molecular complexity index is 452. The number of hydrogen-bond acceptors (Lipinski definition) is 3. The molecule has 2 N–H and O–H groups in total. The summed E-state index contributed by atoms with van der Waals surface area (Å²) < 4.78 is 6.52. The topological polar surface area (TPSA) is 58.6 Å². The van der Waals surface area contributed by atoms with Crippen LogP contribution in [0.15, 0.2) is 28.7 Å². The van der Waals surface area contributed by atoms with Crippen LogP contribution in [-0.2, 0) is 9.53 Å². The normalized spacial score (nSPS) is 24.3. The van der Waals surface area contributed by atoms with Crippen molar-refractivity contribution in [3.05, 3.63) is 34.3 Å². The van der Waals surface area contributed by atoms with Crippen LogP contribution in [0.25, 0.3) is 0 Å². The number of benzene rings is 1. The van der Waals surface area contributed by atoms with E-state index >= 15 is 0 Å². The molecule has 0 amide bonds. The molecule has 1 aromatic rings. The highest BCUT2D eigenvalue weighted by molar-refractivity contribution is 9.10. The maximum atomic E-state index is 10.8. The number of rotatable bonds is 5. The summed E-state index contributed by atoms with van der Waals surface area (Å²) in [6, 6.07) is 8.35. The second-order valence-corrected chi connectivity index (χ2v) is 5.76. The molecule has 0 bridgehead atoms. The summed E-state index contributed by atoms with van der Waals surface area (Å²) in [4.78, 5) is 10.8. The number of hydrogen-bond donors (Lipinski definition) is 2.